The Morgan fingerprint density at radius 3 is 2.43 bits per heavy atom. The third kappa shape index (κ3) is 6.32. The fourth-order valence-corrected chi connectivity index (χ4v) is 3.42. The lowest BCUT2D eigenvalue weighted by Gasteiger charge is -2.37. The molecule has 0 bridgehead atoms. The second kappa shape index (κ2) is 9.38. The maximum atomic E-state index is 11.8. The van der Waals surface area contributed by atoms with Gasteiger partial charge < -0.3 is 15.0 Å². The van der Waals surface area contributed by atoms with Crippen molar-refractivity contribution in [3.63, 3.8) is 0 Å². The monoisotopic (exact) mass is 297 g/mol. The van der Waals surface area contributed by atoms with Crippen LogP contribution in [0.3, 0.4) is 0 Å². The van der Waals surface area contributed by atoms with Crippen molar-refractivity contribution in [1.82, 2.24) is 15.1 Å². The lowest BCUT2D eigenvalue weighted by molar-refractivity contribution is -0.122. The van der Waals surface area contributed by atoms with E-state index in [1.54, 1.807) is 7.11 Å². The molecule has 0 spiro atoms. The Labute approximate surface area is 129 Å². The Balaban J connectivity index is 1.58. The fourth-order valence-electron chi connectivity index (χ4n) is 3.42. The van der Waals surface area contributed by atoms with Crippen molar-refractivity contribution >= 4 is 5.91 Å². The van der Waals surface area contributed by atoms with E-state index in [9.17, 15) is 4.79 Å². The molecule has 2 rings (SSSR count). The van der Waals surface area contributed by atoms with Gasteiger partial charge in [-0.1, -0.05) is 19.3 Å². The second-order valence-corrected chi connectivity index (χ2v) is 6.42. The molecule has 1 N–H and O–H groups in total. The summed E-state index contributed by atoms with van der Waals surface area (Å²) in [5.41, 5.74) is 0. The van der Waals surface area contributed by atoms with Crippen LogP contribution >= 0.6 is 0 Å². The molecule has 0 atom stereocenters. The molecule has 1 saturated carbocycles. The highest BCUT2D eigenvalue weighted by Crippen LogP contribution is 2.24. The highest BCUT2D eigenvalue weighted by molar-refractivity contribution is 5.77. The summed E-state index contributed by atoms with van der Waals surface area (Å²) in [5.74, 6) is 1.04. The van der Waals surface area contributed by atoms with Gasteiger partial charge in [0.1, 0.15) is 0 Å². The Morgan fingerprint density at radius 1 is 1.10 bits per heavy atom. The molecule has 1 amide bonds. The first-order valence-corrected chi connectivity index (χ1v) is 8.48. The molecule has 2 aliphatic rings. The lowest BCUT2D eigenvalue weighted by Crippen LogP contribution is -2.50. The minimum Gasteiger partial charge on any atom is -0.383 e. The van der Waals surface area contributed by atoms with E-state index < -0.39 is 0 Å². The summed E-state index contributed by atoms with van der Waals surface area (Å²) in [6, 6.07) is 0. The molecule has 1 saturated heterocycles. The van der Waals surface area contributed by atoms with E-state index in [0.717, 1.165) is 32.1 Å². The Morgan fingerprint density at radius 2 is 1.76 bits per heavy atom. The van der Waals surface area contributed by atoms with Gasteiger partial charge in [-0.2, -0.15) is 0 Å². The van der Waals surface area contributed by atoms with Crippen LogP contribution in [0.2, 0.25) is 0 Å². The Hall–Kier alpha value is -0.650. The molecule has 2 fully saturated rings. The van der Waals surface area contributed by atoms with Crippen LogP contribution < -0.4 is 5.32 Å². The number of piperazine rings is 1. The number of rotatable bonds is 7. The van der Waals surface area contributed by atoms with E-state index in [-0.39, 0.29) is 5.91 Å². The van der Waals surface area contributed by atoms with Crippen molar-refractivity contribution in [3.05, 3.63) is 0 Å². The SMILES string of the molecule is COCCNC(=O)CN1CCN(CC2CCCCC2)CC1. The van der Waals surface area contributed by atoms with Gasteiger partial charge in [0.15, 0.2) is 0 Å². The maximum absolute atomic E-state index is 11.8. The van der Waals surface area contributed by atoms with Gasteiger partial charge in [-0.15, -0.1) is 0 Å². The van der Waals surface area contributed by atoms with E-state index >= 15 is 0 Å². The molecule has 0 aromatic rings. The normalized spacial score (nSPS) is 22.3. The van der Waals surface area contributed by atoms with Crippen molar-refractivity contribution in [2.75, 3.05) is 59.5 Å². The largest absolute Gasteiger partial charge is 0.383 e. The van der Waals surface area contributed by atoms with Crippen LogP contribution in [0.25, 0.3) is 0 Å². The molecular weight excluding hydrogens is 266 g/mol. The molecule has 21 heavy (non-hydrogen) atoms. The number of hydrogen-bond donors (Lipinski definition) is 1. The molecule has 0 aromatic carbocycles. The van der Waals surface area contributed by atoms with Crippen molar-refractivity contribution in [2.24, 2.45) is 5.92 Å². The molecule has 1 heterocycles. The number of carbonyl (C=O) groups excluding carboxylic acids is 1. The quantitative estimate of drug-likeness (QED) is 0.711. The van der Waals surface area contributed by atoms with Gasteiger partial charge in [0, 0.05) is 46.4 Å². The molecular formula is C16H31N3O2. The molecule has 122 valence electrons. The predicted molar refractivity (Wildman–Crippen MR) is 84.3 cm³/mol. The van der Waals surface area contributed by atoms with E-state index in [1.165, 1.54) is 38.6 Å². The van der Waals surface area contributed by atoms with Crippen molar-refractivity contribution in [1.29, 1.82) is 0 Å². The van der Waals surface area contributed by atoms with Gasteiger partial charge in [0.05, 0.1) is 13.2 Å². The van der Waals surface area contributed by atoms with Gasteiger partial charge in [0.2, 0.25) is 5.91 Å². The van der Waals surface area contributed by atoms with E-state index in [1.807, 2.05) is 0 Å². The fraction of sp³-hybridized carbons (Fsp3) is 0.938. The summed E-state index contributed by atoms with van der Waals surface area (Å²) in [5, 5.41) is 2.89. The second-order valence-electron chi connectivity index (χ2n) is 6.42. The van der Waals surface area contributed by atoms with Gasteiger partial charge in [-0.3, -0.25) is 9.69 Å². The van der Waals surface area contributed by atoms with Crippen molar-refractivity contribution < 1.29 is 9.53 Å². The molecule has 5 heteroatoms. The zero-order valence-electron chi connectivity index (χ0n) is 13.5. The number of nitrogens with zero attached hydrogens (tertiary/aromatic N) is 2. The van der Waals surface area contributed by atoms with E-state index in [0.29, 0.717) is 19.7 Å². The third-order valence-corrected chi connectivity index (χ3v) is 4.70. The molecule has 0 unspecified atom stereocenters. The summed E-state index contributed by atoms with van der Waals surface area (Å²) < 4.78 is 4.93. The number of methoxy groups -OCH3 is 1. The highest BCUT2D eigenvalue weighted by Gasteiger charge is 2.22. The van der Waals surface area contributed by atoms with Gasteiger partial charge in [0.25, 0.3) is 0 Å². The maximum Gasteiger partial charge on any atom is 0.234 e. The molecule has 1 aliphatic heterocycles. The van der Waals surface area contributed by atoms with Crippen LogP contribution in [0.15, 0.2) is 0 Å². The first-order chi connectivity index (χ1) is 10.3. The minimum absolute atomic E-state index is 0.118. The van der Waals surface area contributed by atoms with E-state index in [4.69, 9.17) is 4.74 Å². The summed E-state index contributed by atoms with van der Waals surface area (Å²) in [6.07, 6.45) is 7.12. The Kier molecular flexibility index (Phi) is 7.47. The number of carbonyl (C=O) groups is 1. The highest BCUT2D eigenvalue weighted by atomic mass is 16.5. The summed E-state index contributed by atoms with van der Waals surface area (Å²) in [6.45, 7) is 7.26. The topological polar surface area (TPSA) is 44.8 Å². The first kappa shape index (κ1) is 16.7. The average Bonchev–Trinajstić information content (AvgIpc) is 2.51. The predicted octanol–water partition coefficient (Wildman–Crippen LogP) is 0.947. The summed E-state index contributed by atoms with van der Waals surface area (Å²) in [4.78, 5) is 16.6. The lowest BCUT2D eigenvalue weighted by atomic mass is 9.89. The van der Waals surface area contributed by atoms with Crippen LogP contribution in [0.5, 0.6) is 0 Å². The number of amides is 1. The van der Waals surface area contributed by atoms with E-state index in [2.05, 4.69) is 15.1 Å². The number of nitrogens with one attached hydrogen (secondary N) is 1. The summed E-state index contributed by atoms with van der Waals surface area (Å²) in [7, 11) is 1.65. The van der Waals surface area contributed by atoms with Crippen LogP contribution in [-0.4, -0.2) is 75.2 Å². The van der Waals surface area contributed by atoms with Crippen LogP contribution in [0.1, 0.15) is 32.1 Å². The molecule has 5 nitrogen and oxygen atoms in total. The smallest absolute Gasteiger partial charge is 0.234 e. The van der Waals surface area contributed by atoms with Crippen LogP contribution in [0.4, 0.5) is 0 Å². The summed E-state index contributed by atoms with van der Waals surface area (Å²) >= 11 is 0. The van der Waals surface area contributed by atoms with Crippen molar-refractivity contribution in [2.45, 2.75) is 32.1 Å². The number of hydrogen-bond acceptors (Lipinski definition) is 4. The number of ether oxygens (including phenoxy) is 1. The zero-order valence-corrected chi connectivity index (χ0v) is 13.5. The zero-order chi connectivity index (χ0) is 14.9. The van der Waals surface area contributed by atoms with Crippen LogP contribution in [0, 0.1) is 5.92 Å². The van der Waals surface area contributed by atoms with Gasteiger partial charge >= 0.3 is 0 Å². The minimum atomic E-state index is 0.118. The Bertz CT molecular complexity index is 298. The molecule has 0 aromatic heterocycles. The first-order valence-electron chi connectivity index (χ1n) is 8.48. The standard InChI is InChI=1S/C16H31N3O2/c1-21-12-7-17-16(20)14-19-10-8-18(9-11-19)13-15-5-3-2-4-6-15/h15H,2-14H2,1H3,(H,17,20). The average molecular weight is 297 g/mol. The molecule has 1 aliphatic carbocycles. The third-order valence-electron chi connectivity index (χ3n) is 4.70. The van der Waals surface area contributed by atoms with Gasteiger partial charge in [-0.25, -0.2) is 0 Å². The molecule has 0 radical (unpaired) electrons. The van der Waals surface area contributed by atoms with Crippen LogP contribution in [-0.2, 0) is 9.53 Å². The van der Waals surface area contributed by atoms with Crippen molar-refractivity contribution in [3.8, 4) is 0 Å². The van der Waals surface area contributed by atoms with Gasteiger partial charge in [-0.05, 0) is 18.8 Å².